The number of fused-ring (bicyclic) bond motifs is 1. The topological polar surface area (TPSA) is 82.2 Å². The minimum absolute atomic E-state index is 0.00459. The molecule has 0 bridgehead atoms. The Morgan fingerprint density at radius 2 is 2.00 bits per heavy atom. The summed E-state index contributed by atoms with van der Waals surface area (Å²) >= 11 is 6.43. The molecule has 2 aromatic heterocycles. The Balaban J connectivity index is 1.41. The van der Waals surface area contributed by atoms with Gasteiger partial charge < -0.3 is 14.2 Å². The second-order valence-corrected chi connectivity index (χ2v) is 9.30. The van der Waals surface area contributed by atoms with Crippen molar-refractivity contribution in [2.75, 3.05) is 18.1 Å². The summed E-state index contributed by atoms with van der Waals surface area (Å²) in [5.74, 6) is -0.273. The van der Waals surface area contributed by atoms with E-state index in [-0.39, 0.29) is 23.8 Å². The molecule has 0 spiro atoms. The van der Waals surface area contributed by atoms with Crippen molar-refractivity contribution in [3.63, 3.8) is 0 Å². The third-order valence-electron chi connectivity index (χ3n) is 6.52. The Labute approximate surface area is 209 Å². The van der Waals surface area contributed by atoms with E-state index in [0.717, 1.165) is 18.9 Å². The lowest BCUT2D eigenvalue weighted by Crippen LogP contribution is -2.37. The standard InChI is InChI=1S/C24H23ClF3N5O3/c1-14-5-6-15(16(10-14)24(26,27)28)22(34)18-11-29-19-13-31(7-8-32(18)19)17-12-30-33(23(35)21(17)25)20-4-2-3-9-36-20/h5-6,10-12,20H,2-4,7-9,13H2,1H3. The first kappa shape index (κ1) is 24.5. The van der Waals surface area contributed by atoms with Crippen molar-refractivity contribution >= 4 is 23.1 Å². The number of alkyl halides is 3. The number of anilines is 1. The molecule has 2 aliphatic rings. The smallest absolute Gasteiger partial charge is 0.360 e. The van der Waals surface area contributed by atoms with Gasteiger partial charge in [-0.2, -0.15) is 23.0 Å². The first-order chi connectivity index (χ1) is 17.1. The lowest BCUT2D eigenvalue weighted by atomic mass is 9.99. The first-order valence-electron chi connectivity index (χ1n) is 11.6. The quantitative estimate of drug-likeness (QED) is 0.474. The van der Waals surface area contributed by atoms with E-state index in [1.165, 1.54) is 29.2 Å². The summed E-state index contributed by atoms with van der Waals surface area (Å²) < 4.78 is 49.3. The fraction of sp³-hybridized carbons (Fsp3) is 0.417. The molecule has 0 amide bonds. The molecule has 1 atom stereocenters. The number of carbonyl (C=O) groups is 1. The molecule has 0 N–H and O–H groups in total. The van der Waals surface area contributed by atoms with Crippen molar-refractivity contribution in [2.24, 2.45) is 0 Å². The van der Waals surface area contributed by atoms with Crippen LogP contribution in [0.15, 0.2) is 35.4 Å². The summed E-state index contributed by atoms with van der Waals surface area (Å²) in [6.45, 7) is 2.93. The third-order valence-corrected chi connectivity index (χ3v) is 6.87. The number of halogens is 4. The molecule has 3 aromatic rings. The average molecular weight is 522 g/mol. The van der Waals surface area contributed by atoms with Gasteiger partial charge >= 0.3 is 6.18 Å². The molecule has 0 radical (unpaired) electrons. The molecule has 190 valence electrons. The van der Waals surface area contributed by atoms with Crippen molar-refractivity contribution in [1.82, 2.24) is 19.3 Å². The fourth-order valence-electron chi connectivity index (χ4n) is 4.65. The molecule has 1 saturated heterocycles. The second-order valence-electron chi connectivity index (χ2n) is 8.92. The van der Waals surface area contributed by atoms with Crippen LogP contribution in [0.4, 0.5) is 18.9 Å². The number of hydrogen-bond donors (Lipinski definition) is 0. The zero-order chi connectivity index (χ0) is 25.6. The van der Waals surface area contributed by atoms with E-state index in [1.807, 2.05) is 4.90 Å². The third kappa shape index (κ3) is 4.41. The Morgan fingerprint density at radius 1 is 1.19 bits per heavy atom. The van der Waals surface area contributed by atoms with Crippen molar-refractivity contribution in [2.45, 2.75) is 51.7 Å². The predicted octanol–water partition coefficient (Wildman–Crippen LogP) is 4.37. The van der Waals surface area contributed by atoms with Gasteiger partial charge in [0.2, 0.25) is 5.78 Å². The molecule has 5 rings (SSSR count). The Kier molecular flexibility index (Phi) is 6.37. The van der Waals surface area contributed by atoms with Crippen LogP contribution < -0.4 is 10.5 Å². The lowest BCUT2D eigenvalue weighted by molar-refractivity contribution is -0.137. The van der Waals surface area contributed by atoms with Crippen LogP contribution in [-0.4, -0.2) is 38.3 Å². The van der Waals surface area contributed by atoms with Gasteiger partial charge in [-0.15, -0.1) is 0 Å². The Bertz CT molecular complexity index is 1380. The molecule has 1 fully saturated rings. The summed E-state index contributed by atoms with van der Waals surface area (Å²) in [6.07, 6.45) is 0.232. The van der Waals surface area contributed by atoms with Crippen molar-refractivity contribution in [3.05, 3.63) is 74.2 Å². The largest absolute Gasteiger partial charge is 0.417 e. The molecule has 1 unspecified atom stereocenters. The number of imidazole rings is 1. The maximum absolute atomic E-state index is 13.6. The molecule has 0 aliphatic carbocycles. The second kappa shape index (κ2) is 9.36. The number of rotatable bonds is 4. The van der Waals surface area contributed by atoms with E-state index >= 15 is 0 Å². The number of carbonyl (C=O) groups excluding carboxylic acids is 1. The average Bonchev–Trinajstić information content (AvgIpc) is 3.28. The van der Waals surface area contributed by atoms with Crippen LogP contribution in [-0.2, 0) is 24.0 Å². The zero-order valence-electron chi connectivity index (χ0n) is 19.4. The van der Waals surface area contributed by atoms with Gasteiger partial charge in [0, 0.05) is 25.3 Å². The molecular weight excluding hydrogens is 499 g/mol. The van der Waals surface area contributed by atoms with Gasteiger partial charge in [0.15, 0.2) is 6.23 Å². The lowest BCUT2D eigenvalue weighted by Gasteiger charge is -2.31. The number of nitrogens with zero attached hydrogens (tertiary/aromatic N) is 5. The van der Waals surface area contributed by atoms with Gasteiger partial charge in [-0.1, -0.05) is 29.3 Å². The highest BCUT2D eigenvalue weighted by Gasteiger charge is 2.36. The van der Waals surface area contributed by atoms with Crippen LogP contribution in [0.3, 0.4) is 0 Å². The van der Waals surface area contributed by atoms with Crippen LogP contribution in [0, 0.1) is 6.92 Å². The highest BCUT2D eigenvalue weighted by Crippen LogP contribution is 2.34. The monoisotopic (exact) mass is 521 g/mol. The van der Waals surface area contributed by atoms with E-state index in [1.54, 1.807) is 11.5 Å². The maximum atomic E-state index is 13.6. The summed E-state index contributed by atoms with van der Waals surface area (Å²) in [6, 6.07) is 3.65. The van der Waals surface area contributed by atoms with Gasteiger partial charge in [0.1, 0.15) is 16.5 Å². The summed E-state index contributed by atoms with van der Waals surface area (Å²) in [5.41, 5.74) is -0.932. The number of aryl methyl sites for hydroxylation is 1. The number of aromatic nitrogens is 4. The van der Waals surface area contributed by atoms with E-state index in [9.17, 15) is 22.8 Å². The number of benzene rings is 1. The van der Waals surface area contributed by atoms with Gasteiger partial charge in [-0.25, -0.2) is 4.98 Å². The zero-order valence-corrected chi connectivity index (χ0v) is 20.1. The fourth-order valence-corrected chi connectivity index (χ4v) is 4.91. The normalized spacial score (nSPS) is 18.2. The summed E-state index contributed by atoms with van der Waals surface area (Å²) in [7, 11) is 0. The number of hydrogen-bond acceptors (Lipinski definition) is 6. The highest BCUT2D eigenvalue weighted by molar-refractivity contribution is 6.33. The van der Waals surface area contributed by atoms with Crippen LogP contribution in [0.25, 0.3) is 0 Å². The summed E-state index contributed by atoms with van der Waals surface area (Å²) in [4.78, 5) is 32.1. The van der Waals surface area contributed by atoms with Crippen molar-refractivity contribution < 1.29 is 22.7 Å². The predicted molar refractivity (Wildman–Crippen MR) is 125 cm³/mol. The van der Waals surface area contributed by atoms with Crippen LogP contribution in [0.1, 0.15) is 58.5 Å². The summed E-state index contributed by atoms with van der Waals surface area (Å²) in [5, 5.41) is 4.28. The van der Waals surface area contributed by atoms with E-state index < -0.39 is 34.9 Å². The molecule has 12 heteroatoms. The SMILES string of the molecule is Cc1ccc(C(=O)c2cnc3n2CCN(c2cnn(C4CCCCO4)c(=O)c2Cl)C3)c(C(F)(F)F)c1. The van der Waals surface area contributed by atoms with Gasteiger partial charge in [-0.3, -0.25) is 9.59 Å². The van der Waals surface area contributed by atoms with Gasteiger partial charge in [-0.05, 0) is 32.3 Å². The van der Waals surface area contributed by atoms with Crippen LogP contribution in [0.2, 0.25) is 5.02 Å². The molecule has 4 heterocycles. The highest BCUT2D eigenvalue weighted by atomic mass is 35.5. The van der Waals surface area contributed by atoms with E-state index in [2.05, 4.69) is 10.1 Å². The minimum Gasteiger partial charge on any atom is -0.360 e. The molecule has 2 aliphatic heterocycles. The maximum Gasteiger partial charge on any atom is 0.417 e. The van der Waals surface area contributed by atoms with E-state index in [0.29, 0.717) is 36.6 Å². The Morgan fingerprint density at radius 3 is 2.72 bits per heavy atom. The van der Waals surface area contributed by atoms with Gasteiger partial charge in [0.05, 0.1) is 30.2 Å². The molecule has 1 aromatic carbocycles. The number of ketones is 1. The first-order valence-corrected chi connectivity index (χ1v) is 11.9. The molecule has 0 saturated carbocycles. The van der Waals surface area contributed by atoms with Crippen LogP contribution in [0.5, 0.6) is 0 Å². The Hall–Kier alpha value is -3.18. The van der Waals surface area contributed by atoms with Crippen LogP contribution >= 0.6 is 11.6 Å². The van der Waals surface area contributed by atoms with E-state index in [4.69, 9.17) is 16.3 Å². The van der Waals surface area contributed by atoms with Crippen molar-refractivity contribution in [1.29, 1.82) is 0 Å². The number of ether oxygens (including phenoxy) is 1. The minimum atomic E-state index is -4.66. The molecule has 36 heavy (non-hydrogen) atoms. The molecule has 8 nitrogen and oxygen atoms in total. The van der Waals surface area contributed by atoms with Gasteiger partial charge in [0.25, 0.3) is 5.56 Å². The van der Waals surface area contributed by atoms with Crippen molar-refractivity contribution in [3.8, 4) is 0 Å². The molecular formula is C24H23ClF3N5O3.